The van der Waals surface area contributed by atoms with Gasteiger partial charge in [0.05, 0.1) is 0 Å². The lowest BCUT2D eigenvalue weighted by Gasteiger charge is -2.32. The summed E-state index contributed by atoms with van der Waals surface area (Å²) in [6.45, 7) is 5.43. The fourth-order valence-electron chi connectivity index (χ4n) is 3.96. The molecule has 1 aromatic carbocycles. The lowest BCUT2D eigenvalue weighted by Crippen LogP contribution is -2.47. The minimum Gasteiger partial charge on any atom is -0.364 e. The topological polar surface area (TPSA) is 94.3 Å². The second-order valence-corrected chi connectivity index (χ2v) is 7.81. The first kappa shape index (κ1) is 24.3. The molecule has 1 aliphatic heterocycles. The number of nitrogens with zero attached hydrogens (tertiary/aromatic N) is 1. The fourth-order valence-corrected chi connectivity index (χ4v) is 3.96. The molecule has 2 heterocycles. The number of anilines is 1. The van der Waals surface area contributed by atoms with Crippen LogP contribution in [0.15, 0.2) is 37.0 Å². The standard InChI is InChI=1S/C22H20F5N3O3/c1-4-12-13(5-6-14(23)17(12)24)16-10(2)21(3,22(25,26)27)33-18(16)20(32)30-11-7-8-29-15(9-11)19(28)31/h4-10,16,18H,1H2,2-3H3,(H2,28,31)(H,29,30,32)/t10-,16-,18+,21-/m0/s1. The summed E-state index contributed by atoms with van der Waals surface area (Å²) in [5, 5.41) is 2.38. The molecule has 2 aromatic rings. The number of hydrogen-bond donors (Lipinski definition) is 2. The van der Waals surface area contributed by atoms with Crippen LogP contribution in [0, 0.1) is 17.6 Å². The minimum absolute atomic E-state index is 0.0358. The molecule has 2 amide bonds. The molecule has 0 radical (unpaired) electrons. The molecule has 6 nitrogen and oxygen atoms in total. The van der Waals surface area contributed by atoms with E-state index >= 15 is 0 Å². The summed E-state index contributed by atoms with van der Waals surface area (Å²) in [5.41, 5.74) is 1.83. The summed E-state index contributed by atoms with van der Waals surface area (Å²) >= 11 is 0. The number of rotatable bonds is 5. The molecule has 3 N–H and O–H groups in total. The van der Waals surface area contributed by atoms with E-state index in [1.54, 1.807) is 0 Å². The summed E-state index contributed by atoms with van der Waals surface area (Å²) in [7, 11) is 0. The largest absolute Gasteiger partial charge is 0.417 e. The number of carbonyl (C=O) groups is 2. The Balaban J connectivity index is 2.08. The van der Waals surface area contributed by atoms with Gasteiger partial charge in [-0.05, 0) is 30.7 Å². The Morgan fingerprint density at radius 1 is 1.27 bits per heavy atom. The van der Waals surface area contributed by atoms with Gasteiger partial charge in [0.2, 0.25) is 0 Å². The Labute approximate surface area is 185 Å². The first-order valence-electron chi connectivity index (χ1n) is 9.73. The lowest BCUT2D eigenvalue weighted by molar-refractivity contribution is -0.272. The molecule has 176 valence electrons. The van der Waals surface area contributed by atoms with E-state index < -0.39 is 53.2 Å². The van der Waals surface area contributed by atoms with E-state index in [-0.39, 0.29) is 22.5 Å². The molecule has 11 heteroatoms. The highest BCUT2D eigenvalue weighted by Gasteiger charge is 2.65. The highest BCUT2D eigenvalue weighted by atomic mass is 19.4. The highest BCUT2D eigenvalue weighted by Crippen LogP contribution is 2.54. The molecule has 0 aliphatic carbocycles. The molecule has 0 unspecified atom stereocenters. The first-order valence-corrected chi connectivity index (χ1v) is 9.73. The predicted octanol–water partition coefficient (Wildman–Crippen LogP) is 4.18. The van der Waals surface area contributed by atoms with Gasteiger partial charge in [0, 0.05) is 29.3 Å². The number of benzene rings is 1. The number of ether oxygens (including phenoxy) is 1. The third kappa shape index (κ3) is 4.20. The average Bonchev–Trinajstić information content (AvgIpc) is 3.02. The molecule has 1 aliphatic rings. The van der Waals surface area contributed by atoms with Gasteiger partial charge in [0.25, 0.3) is 11.8 Å². The Kier molecular flexibility index (Phi) is 6.29. The lowest BCUT2D eigenvalue weighted by atomic mass is 9.75. The van der Waals surface area contributed by atoms with E-state index in [1.807, 2.05) is 0 Å². The van der Waals surface area contributed by atoms with Crippen LogP contribution < -0.4 is 11.1 Å². The first-order chi connectivity index (χ1) is 15.3. The van der Waals surface area contributed by atoms with Crippen molar-refractivity contribution in [1.29, 1.82) is 0 Å². The Morgan fingerprint density at radius 2 is 1.94 bits per heavy atom. The number of nitrogens with one attached hydrogen (secondary N) is 1. The van der Waals surface area contributed by atoms with Gasteiger partial charge in [0.1, 0.15) is 11.8 Å². The quantitative estimate of drug-likeness (QED) is 0.643. The van der Waals surface area contributed by atoms with E-state index in [4.69, 9.17) is 10.5 Å². The van der Waals surface area contributed by atoms with Crippen molar-refractivity contribution in [2.75, 3.05) is 5.32 Å². The van der Waals surface area contributed by atoms with Crippen LogP contribution >= 0.6 is 0 Å². The second-order valence-electron chi connectivity index (χ2n) is 7.81. The number of nitrogens with two attached hydrogens (primary N) is 1. The molecule has 0 spiro atoms. The summed E-state index contributed by atoms with van der Waals surface area (Å²) in [6.07, 6.45) is -4.46. The number of amides is 2. The molecule has 1 saturated heterocycles. The number of aromatic nitrogens is 1. The second kappa shape index (κ2) is 8.54. The number of hydrogen-bond acceptors (Lipinski definition) is 4. The van der Waals surface area contributed by atoms with Crippen LogP contribution in [-0.2, 0) is 9.53 Å². The molecule has 3 rings (SSSR count). The number of carbonyl (C=O) groups excluding carboxylic acids is 2. The zero-order chi connectivity index (χ0) is 24.7. The van der Waals surface area contributed by atoms with Crippen molar-refractivity contribution in [3.8, 4) is 0 Å². The van der Waals surface area contributed by atoms with Crippen LogP contribution in [0.4, 0.5) is 27.6 Å². The summed E-state index contributed by atoms with van der Waals surface area (Å²) in [4.78, 5) is 28.1. The Hall–Kier alpha value is -3.34. The van der Waals surface area contributed by atoms with Crippen molar-refractivity contribution in [1.82, 2.24) is 4.98 Å². The van der Waals surface area contributed by atoms with Crippen LogP contribution in [0.5, 0.6) is 0 Å². The summed E-state index contributed by atoms with van der Waals surface area (Å²) in [6, 6.07) is 4.32. The van der Waals surface area contributed by atoms with Gasteiger partial charge < -0.3 is 15.8 Å². The molecule has 1 aromatic heterocycles. The third-order valence-corrected chi connectivity index (χ3v) is 5.94. The monoisotopic (exact) mass is 469 g/mol. The molecular weight excluding hydrogens is 449 g/mol. The molecule has 1 fully saturated rings. The van der Waals surface area contributed by atoms with Crippen LogP contribution in [0.25, 0.3) is 6.08 Å². The minimum atomic E-state index is -4.87. The predicted molar refractivity (Wildman–Crippen MR) is 109 cm³/mol. The van der Waals surface area contributed by atoms with E-state index in [1.165, 1.54) is 19.2 Å². The summed E-state index contributed by atoms with van der Waals surface area (Å²) in [5.74, 6) is -7.05. The molecule has 0 bridgehead atoms. The van der Waals surface area contributed by atoms with Crippen molar-refractivity contribution in [2.24, 2.45) is 11.7 Å². The van der Waals surface area contributed by atoms with Gasteiger partial charge in [-0.25, -0.2) is 8.78 Å². The maximum absolute atomic E-state index is 14.4. The number of primary amides is 1. The van der Waals surface area contributed by atoms with E-state index in [9.17, 15) is 31.5 Å². The maximum Gasteiger partial charge on any atom is 0.417 e. The van der Waals surface area contributed by atoms with Crippen molar-refractivity contribution in [2.45, 2.75) is 37.6 Å². The Morgan fingerprint density at radius 3 is 2.52 bits per heavy atom. The van der Waals surface area contributed by atoms with E-state index in [0.717, 1.165) is 31.2 Å². The van der Waals surface area contributed by atoms with Crippen LogP contribution in [0.1, 0.15) is 41.4 Å². The highest BCUT2D eigenvalue weighted by molar-refractivity contribution is 5.97. The zero-order valence-corrected chi connectivity index (χ0v) is 17.5. The smallest absolute Gasteiger partial charge is 0.364 e. The number of pyridine rings is 1. The van der Waals surface area contributed by atoms with Gasteiger partial charge in [-0.15, -0.1) is 0 Å². The van der Waals surface area contributed by atoms with Crippen LogP contribution in [0.3, 0.4) is 0 Å². The molecule has 0 saturated carbocycles. The maximum atomic E-state index is 14.4. The summed E-state index contributed by atoms with van der Waals surface area (Å²) < 4.78 is 75.3. The Bertz CT molecular complexity index is 1120. The number of alkyl halides is 3. The van der Waals surface area contributed by atoms with Crippen molar-refractivity contribution in [3.63, 3.8) is 0 Å². The van der Waals surface area contributed by atoms with E-state index in [0.29, 0.717) is 0 Å². The van der Waals surface area contributed by atoms with Gasteiger partial charge in [-0.2, -0.15) is 13.2 Å². The molecule has 33 heavy (non-hydrogen) atoms. The van der Waals surface area contributed by atoms with Crippen molar-refractivity contribution >= 4 is 23.6 Å². The van der Waals surface area contributed by atoms with Gasteiger partial charge in [-0.3, -0.25) is 14.6 Å². The van der Waals surface area contributed by atoms with Crippen LogP contribution in [-0.4, -0.2) is 34.7 Å². The van der Waals surface area contributed by atoms with Crippen molar-refractivity contribution < 1.29 is 36.3 Å². The van der Waals surface area contributed by atoms with Gasteiger partial charge in [-0.1, -0.05) is 25.6 Å². The molecule has 4 atom stereocenters. The average molecular weight is 469 g/mol. The van der Waals surface area contributed by atoms with Crippen LogP contribution in [0.2, 0.25) is 0 Å². The normalized spacial score (nSPS) is 25.0. The third-order valence-electron chi connectivity index (χ3n) is 5.94. The zero-order valence-electron chi connectivity index (χ0n) is 17.5. The van der Waals surface area contributed by atoms with E-state index in [2.05, 4.69) is 16.9 Å². The van der Waals surface area contributed by atoms with Gasteiger partial charge >= 0.3 is 6.18 Å². The molecular formula is C22H20F5N3O3. The SMILES string of the molecule is C=Cc1c([C@H]2[C@H](C(=O)Nc3ccnc(C(N)=O)c3)O[C@](C)(C(F)(F)F)[C@H]2C)ccc(F)c1F. The van der Waals surface area contributed by atoms with Gasteiger partial charge in [0.15, 0.2) is 17.2 Å². The number of halogens is 5. The van der Waals surface area contributed by atoms with Crippen molar-refractivity contribution in [3.05, 3.63) is 65.5 Å². The fraction of sp³-hybridized carbons (Fsp3) is 0.318.